The molecule has 3 aromatic carbocycles. The van der Waals surface area contributed by atoms with E-state index in [2.05, 4.69) is 4.99 Å². The van der Waals surface area contributed by atoms with Crippen molar-refractivity contribution in [2.45, 2.75) is 17.2 Å². The first-order valence-electron chi connectivity index (χ1n) is 9.05. The lowest BCUT2D eigenvalue weighted by Gasteiger charge is -2.09. The number of allylic oxidation sites excluding steroid dienone is 1. The van der Waals surface area contributed by atoms with Gasteiger partial charge in [0.2, 0.25) is 0 Å². The highest BCUT2D eigenvalue weighted by Gasteiger charge is 2.30. The standard InChI is InChI=1S/C23H14F7NS/c24-18-7-11-20(12-8-18)32-14-13-21(15-1-3-16(4-2-15)22(25,26)27)31-19-9-5-17(6-10-19)23(28,29)30/h1-14H. The van der Waals surface area contributed by atoms with E-state index in [4.69, 9.17) is 0 Å². The Bertz CT molecular complexity index is 1100. The third-order valence-corrected chi connectivity index (χ3v) is 5.01. The molecule has 0 aliphatic heterocycles. The molecular weight excluding hydrogens is 455 g/mol. The van der Waals surface area contributed by atoms with Gasteiger partial charge in [-0.3, -0.25) is 0 Å². The molecule has 0 radical (unpaired) electrons. The summed E-state index contributed by atoms with van der Waals surface area (Å²) in [6, 6.07) is 14.0. The zero-order chi connectivity index (χ0) is 23.4. The Morgan fingerprint density at radius 3 is 1.69 bits per heavy atom. The molecule has 0 unspecified atom stereocenters. The summed E-state index contributed by atoms with van der Waals surface area (Å²) in [5.74, 6) is -0.396. The Balaban J connectivity index is 1.92. The number of halogens is 7. The molecule has 0 fully saturated rings. The number of hydrogen-bond acceptors (Lipinski definition) is 2. The van der Waals surface area contributed by atoms with Crippen LogP contribution in [-0.2, 0) is 12.4 Å². The summed E-state index contributed by atoms with van der Waals surface area (Å²) in [5.41, 5.74) is -0.888. The predicted molar refractivity (Wildman–Crippen MR) is 110 cm³/mol. The average molecular weight is 469 g/mol. The molecule has 0 aromatic heterocycles. The van der Waals surface area contributed by atoms with Gasteiger partial charge < -0.3 is 0 Å². The average Bonchev–Trinajstić information content (AvgIpc) is 2.74. The van der Waals surface area contributed by atoms with Gasteiger partial charge in [0.1, 0.15) is 5.82 Å². The Morgan fingerprint density at radius 2 is 1.19 bits per heavy atom. The van der Waals surface area contributed by atoms with E-state index in [1.54, 1.807) is 17.5 Å². The number of rotatable bonds is 5. The molecule has 0 spiro atoms. The van der Waals surface area contributed by atoms with Crippen LogP contribution in [0.4, 0.5) is 36.4 Å². The van der Waals surface area contributed by atoms with Crippen LogP contribution in [0.3, 0.4) is 0 Å². The first-order chi connectivity index (χ1) is 15.0. The van der Waals surface area contributed by atoms with Gasteiger partial charge in [0, 0.05) is 10.5 Å². The summed E-state index contributed by atoms with van der Waals surface area (Å²) in [7, 11) is 0. The van der Waals surface area contributed by atoms with E-state index >= 15 is 0 Å². The molecular formula is C23H14F7NS. The monoisotopic (exact) mass is 469 g/mol. The maximum atomic E-state index is 13.0. The number of alkyl halides is 6. The Morgan fingerprint density at radius 1 is 0.688 bits per heavy atom. The largest absolute Gasteiger partial charge is 0.416 e. The van der Waals surface area contributed by atoms with E-state index in [0.717, 1.165) is 24.3 Å². The number of benzene rings is 3. The van der Waals surface area contributed by atoms with Gasteiger partial charge in [0.15, 0.2) is 0 Å². The van der Waals surface area contributed by atoms with E-state index in [1.807, 2.05) is 0 Å². The molecule has 0 aliphatic carbocycles. The third-order valence-electron chi connectivity index (χ3n) is 4.20. The zero-order valence-electron chi connectivity index (χ0n) is 16.1. The summed E-state index contributed by atoms with van der Waals surface area (Å²) in [5, 5.41) is 1.60. The highest BCUT2D eigenvalue weighted by Crippen LogP contribution is 2.31. The molecule has 3 aromatic rings. The van der Waals surface area contributed by atoms with Gasteiger partial charge in [0.25, 0.3) is 0 Å². The summed E-state index contributed by atoms with van der Waals surface area (Å²) >= 11 is 1.22. The fourth-order valence-corrected chi connectivity index (χ4v) is 3.23. The van der Waals surface area contributed by atoms with Gasteiger partial charge in [-0.1, -0.05) is 23.9 Å². The van der Waals surface area contributed by atoms with Crippen molar-refractivity contribution in [1.82, 2.24) is 0 Å². The van der Waals surface area contributed by atoms with Crippen LogP contribution in [0.2, 0.25) is 0 Å². The third kappa shape index (κ3) is 6.46. The first kappa shape index (κ1) is 23.6. The maximum Gasteiger partial charge on any atom is 0.416 e. The van der Waals surface area contributed by atoms with Gasteiger partial charge >= 0.3 is 12.4 Å². The Labute approximate surface area is 183 Å². The van der Waals surface area contributed by atoms with Gasteiger partial charge in [-0.05, 0) is 72.1 Å². The summed E-state index contributed by atoms with van der Waals surface area (Å²) < 4.78 is 89.9. The summed E-state index contributed by atoms with van der Waals surface area (Å²) in [6.07, 6.45) is -7.48. The second kappa shape index (κ2) is 9.60. The molecule has 9 heteroatoms. The van der Waals surface area contributed by atoms with Crippen LogP contribution in [0.5, 0.6) is 0 Å². The SMILES string of the molecule is Fc1ccc(SC=CC(=Nc2ccc(C(F)(F)F)cc2)c2ccc(C(F)(F)F)cc2)cc1. The molecule has 0 bridgehead atoms. The molecule has 32 heavy (non-hydrogen) atoms. The molecule has 0 atom stereocenters. The molecule has 0 amide bonds. The molecule has 3 rings (SSSR count). The molecule has 0 saturated heterocycles. The highest BCUT2D eigenvalue weighted by molar-refractivity contribution is 8.02. The molecule has 0 saturated carbocycles. The Hall–Kier alpha value is -3.07. The first-order valence-corrected chi connectivity index (χ1v) is 9.93. The lowest BCUT2D eigenvalue weighted by Crippen LogP contribution is -2.05. The van der Waals surface area contributed by atoms with Crippen LogP contribution in [0.25, 0.3) is 0 Å². The minimum Gasteiger partial charge on any atom is -0.248 e. The van der Waals surface area contributed by atoms with Gasteiger partial charge in [0.05, 0.1) is 22.5 Å². The van der Waals surface area contributed by atoms with Crippen molar-refractivity contribution in [3.05, 3.63) is 107 Å². The summed E-state index contributed by atoms with van der Waals surface area (Å²) in [6.45, 7) is 0. The second-order valence-corrected chi connectivity index (χ2v) is 7.47. The van der Waals surface area contributed by atoms with Crippen molar-refractivity contribution in [3.8, 4) is 0 Å². The van der Waals surface area contributed by atoms with Crippen LogP contribution in [0.1, 0.15) is 16.7 Å². The number of aliphatic imine (C=N–C) groups is 1. The minimum atomic E-state index is -4.50. The van der Waals surface area contributed by atoms with E-state index in [1.165, 1.54) is 54.2 Å². The van der Waals surface area contributed by atoms with E-state index < -0.39 is 29.3 Å². The lowest BCUT2D eigenvalue weighted by atomic mass is 10.1. The predicted octanol–water partition coefficient (Wildman–Crippen LogP) is 8.29. The van der Waals surface area contributed by atoms with Crippen molar-refractivity contribution < 1.29 is 30.7 Å². The van der Waals surface area contributed by atoms with E-state index in [-0.39, 0.29) is 11.4 Å². The highest BCUT2D eigenvalue weighted by atomic mass is 32.2. The van der Waals surface area contributed by atoms with Gasteiger partial charge in [-0.15, -0.1) is 0 Å². The molecule has 0 N–H and O–H groups in total. The number of hydrogen-bond donors (Lipinski definition) is 0. The van der Waals surface area contributed by atoms with Crippen molar-refractivity contribution in [3.63, 3.8) is 0 Å². The van der Waals surface area contributed by atoms with Crippen LogP contribution in [-0.4, -0.2) is 5.71 Å². The maximum absolute atomic E-state index is 13.0. The minimum absolute atomic E-state index is 0.198. The van der Waals surface area contributed by atoms with Crippen molar-refractivity contribution in [2.75, 3.05) is 0 Å². The fourth-order valence-electron chi connectivity index (χ4n) is 2.58. The van der Waals surface area contributed by atoms with Gasteiger partial charge in [-0.2, -0.15) is 26.3 Å². The molecule has 0 aliphatic rings. The van der Waals surface area contributed by atoms with Crippen LogP contribution in [0, 0.1) is 5.82 Å². The Kier molecular flexibility index (Phi) is 7.08. The van der Waals surface area contributed by atoms with Crippen LogP contribution < -0.4 is 0 Å². The van der Waals surface area contributed by atoms with Crippen molar-refractivity contribution in [1.29, 1.82) is 0 Å². The normalized spacial score (nSPS) is 13.0. The van der Waals surface area contributed by atoms with E-state index in [0.29, 0.717) is 10.5 Å². The van der Waals surface area contributed by atoms with Crippen molar-refractivity contribution in [2.24, 2.45) is 4.99 Å². The molecule has 166 valence electrons. The fraction of sp³-hybridized carbons (Fsp3) is 0.0870. The summed E-state index contributed by atoms with van der Waals surface area (Å²) in [4.78, 5) is 5.01. The zero-order valence-corrected chi connectivity index (χ0v) is 16.9. The molecule has 0 heterocycles. The van der Waals surface area contributed by atoms with Crippen LogP contribution in [0.15, 0.2) is 94.2 Å². The topological polar surface area (TPSA) is 12.4 Å². The molecule has 1 nitrogen and oxygen atoms in total. The quantitative estimate of drug-likeness (QED) is 0.208. The van der Waals surface area contributed by atoms with E-state index in [9.17, 15) is 30.7 Å². The van der Waals surface area contributed by atoms with Crippen LogP contribution >= 0.6 is 11.8 Å². The lowest BCUT2D eigenvalue weighted by molar-refractivity contribution is -0.138. The smallest absolute Gasteiger partial charge is 0.248 e. The van der Waals surface area contributed by atoms with Gasteiger partial charge in [-0.25, -0.2) is 9.38 Å². The number of thioether (sulfide) groups is 1. The second-order valence-electron chi connectivity index (χ2n) is 6.49. The van der Waals surface area contributed by atoms with Crippen molar-refractivity contribution >= 4 is 23.2 Å². The number of nitrogens with zero attached hydrogens (tertiary/aromatic N) is 1.